The van der Waals surface area contributed by atoms with Crippen LogP contribution in [0.25, 0.3) is 0 Å². The number of carbonyl (C=O) groups is 2. The van der Waals surface area contributed by atoms with Crippen LogP contribution in [0.15, 0.2) is 42.5 Å². The van der Waals surface area contributed by atoms with Gasteiger partial charge in [-0.05, 0) is 40.2 Å². The van der Waals surface area contributed by atoms with E-state index >= 15 is 0 Å². The molecule has 1 atom stereocenters. The fourth-order valence-corrected chi connectivity index (χ4v) is 2.92. The van der Waals surface area contributed by atoms with E-state index in [1.165, 1.54) is 7.11 Å². The number of hydrogen-bond donors (Lipinski definition) is 0. The van der Waals surface area contributed by atoms with Crippen LogP contribution >= 0.6 is 15.9 Å². The lowest BCUT2D eigenvalue weighted by molar-refractivity contribution is 0.0367. The molecule has 3 rings (SSSR count). The number of Topliss-reactive ketones (excluding diaryl/α,β-unsaturated/α-hetero) is 1. The van der Waals surface area contributed by atoms with Gasteiger partial charge in [0.25, 0.3) is 0 Å². The first-order valence-corrected chi connectivity index (χ1v) is 8.46. The molecular weight excluding hydrogens is 376 g/mol. The summed E-state index contributed by atoms with van der Waals surface area (Å²) in [6.07, 6.45) is -0.462. The average molecular weight is 391 g/mol. The second-order valence-corrected chi connectivity index (χ2v) is 5.69. The lowest BCUT2D eigenvalue weighted by atomic mass is 9.98. The van der Waals surface area contributed by atoms with E-state index in [0.29, 0.717) is 28.1 Å². The number of methoxy groups -OCH3 is 1. The summed E-state index contributed by atoms with van der Waals surface area (Å²) in [6, 6.07) is 12.1. The van der Waals surface area contributed by atoms with Gasteiger partial charge >= 0.3 is 5.97 Å². The van der Waals surface area contributed by atoms with E-state index in [2.05, 4.69) is 15.9 Å². The van der Waals surface area contributed by atoms with Gasteiger partial charge in [0.1, 0.15) is 11.6 Å². The van der Waals surface area contributed by atoms with Gasteiger partial charge in [-0.25, -0.2) is 4.79 Å². The van der Waals surface area contributed by atoms with Crippen molar-refractivity contribution in [1.82, 2.24) is 0 Å². The number of halogens is 1. The van der Waals surface area contributed by atoms with E-state index in [0.717, 1.165) is 5.56 Å². The number of ketones is 1. The Morgan fingerprint density at radius 2 is 2.00 bits per heavy atom. The molecule has 0 aliphatic carbocycles. The summed E-state index contributed by atoms with van der Waals surface area (Å²) in [5, 5.41) is 0. The first-order chi connectivity index (χ1) is 11.6. The van der Waals surface area contributed by atoms with Crippen LogP contribution in [-0.4, -0.2) is 24.4 Å². The molecule has 1 aliphatic rings. The van der Waals surface area contributed by atoms with Crippen molar-refractivity contribution in [3.8, 4) is 11.5 Å². The molecule has 2 aromatic rings. The minimum absolute atomic E-state index is 0.0879. The molecule has 2 aromatic carbocycles. The van der Waals surface area contributed by atoms with Crippen molar-refractivity contribution in [2.75, 3.05) is 12.6 Å². The molecule has 1 heterocycles. The summed E-state index contributed by atoms with van der Waals surface area (Å²) in [5.74, 6) is 0.503. The smallest absolute Gasteiger partial charge is 0.339 e. The molecule has 0 spiro atoms. The summed E-state index contributed by atoms with van der Waals surface area (Å²) >= 11 is 3.18. The number of rotatable bonds is 6. The van der Waals surface area contributed by atoms with Crippen molar-refractivity contribution < 1.29 is 23.8 Å². The highest BCUT2D eigenvalue weighted by Gasteiger charge is 2.32. The van der Waals surface area contributed by atoms with Crippen molar-refractivity contribution in [3.05, 3.63) is 59.2 Å². The fourth-order valence-electron chi connectivity index (χ4n) is 2.68. The molecule has 0 bridgehead atoms. The number of esters is 1. The maximum Gasteiger partial charge on any atom is 0.339 e. The van der Waals surface area contributed by atoms with Crippen LogP contribution in [0.2, 0.25) is 0 Å². The summed E-state index contributed by atoms with van der Waals surface area (Å²) in [5.41, 5.74) is 2.08. The monoisotopic (exact) mass is 390 g/mol. The Morgan fingerprint density at radius 3 is 2.75 bits per heavy atom. The number of benzene rings is 2. The largest absolute Gasteiger partial charge is 0.493 e. The first-order valence-electron chi connectivity index (χ1n) is 7.34. The molecule has 0 amide bonds. The van der Waals surface area contributed by atoms with Crippen LogP contribution < -0.4 is 9.47 Å². The van der Waals surface area contributed by atoms with Crippen molar-refractivity contribution in [1.29, 1.82) is 0 Å². The molecule has 0 N–H and O–H groups in total. The zero-order valence-corrected chi connectivity index (χ0v) is 14.5. The van der Waals surface area contributed by atoms with Gasteiger partial charge in [-0.3, -0.25) is 4.79 Å². The van der Waals surface area contributed by atoms with E-state index in [9.17, 15) is 9.59 Å². The van der Waals surface area contributed by atoms with Crippen molar-refractivity contribution in [2.45, 2.75) is 12.5 Å². The highest BCUT2D eigenvalue weighted by Crippen LogP contribution is 2.35. The number of fused-ring (bicyclic) bond motifs is 1. The lowest BCUT2D eigenvalue weighted by Crippen LogP contribution is -2.08. The number of hydrogen-bond acceptors (Lipinski definition) is 5. The number of ether oxygens (including phenoxy) is 3. The van der Waals surface area contributed by atoms with Crippen molar-refractivity contribution >= 4 is 27.7 Å². The normalized spacial score (nSPS) is 15.6. The van der Waals surface area contributed by atoms with Gasteiger partial charge in [-0.15, -0.1) is 0 Å². The summed E-state index contributed by atoms with van der Waals surface area (Å²) in [4.78, 5) is 24.4. The zero-order valence-electron chi connectivity index (χ0n) is 13.0. The first kappa shape index (κ1) is 16.5. The third-order valence-electron chi connectivity index (χ3n) is 3.84. The van der Waals surface area contributed by atoms with Gasteiger partial charge in [-0.1, -0.05) is 18.2 Å². The van der Waals surface area contributed by atoms with Gasteiger partial charge < -0.3 is 14.2 Å². The van der Waals surface area contributed by atoms with Gasteiger partial charge in [0, 0.05) is 11.1 Å². The molecule has 0 fully saturated rings. The van der Waals surface area contributed by atoms with Gasteiger partial charge in [-0.2, -0.15) is 0 Å². The zero-order chi connectivity index (χ0) is 17.1. The fraction of sp³-hybridized carbons (Fsp3) is 0.222. The van der Waals surface area contributed by atoms with Gasteiger partial charge in [0.15, 0.2) is 17.3 Å². The maximum absolute atomic E-state index is 12.6. The molecule has 0 saturated heterocycles. The molecule has 5 nitrogen and oxygen atoms in total. The molecule has 0 radical (unpaired) electrons. The van der Waals surface area contributed by atoms with E-state index in [-0.39, 0.29) is 18.2 Å². The molecule has 0 saturated carbocycles. The summed E-state index contributed by atoms with van der Waals surface area (Å²) in [6.45, 7) is 0. The average Bonchev–Trinajstić information content (AvgIpc) is 2.92. The Kier molecular flexibility index (Phi) is 4.85. The molecule has 1 aliphatic heterocycles. The Hall–Kier alpha value is -2.34. The highest BCUT2D eigenvalue weighted by atomic mass is 79.9. The summed E-state index contributed by atoms with van der Waals surface area (Å²) in [7, 11) is 1.51. The molecule has 0 aromatic heterocycles. The van der Waals surface area contributed by atoms with Crippen molar-refractivity contribution in [2.24, 2.45) is 0 Å². The maximum atomic E-state index is 12.6. The summed E-state index contributed by atoms with van der Waals surface area (Å²) < 4.78 is 15.9. The molecular formula is C18H15BrO5. The molecule has 6 heteroatoms. The second-order valence-electron chi connectivity index (χ2n) is 5.23. The second kappa shape index (κ2) is 7.05. The van der Waals surface area contributed by atoms with Crippen LogP contribution in [-0.2, 0) is 4.74 Å². The molecule has 24 heavy (non-hydrogen) atoms. The van der Waals surface area contributed by atoms with Crippen LogP contribution in [0, 0.1) is 0 Å². The Balaban J connectivity index is 1.80. The van der Waals surface area contributed by atoms with Crippen LogP contribution in [0.4, 0.5) is 0 Å². The highest BCUT2D eigenvalue weighted by molar-refractivity contribution is 9.09. The predicted octanol–water partition coefficient (Wildman–Crippen LogP) is 3.91. The van der Waals surface area contributed by atoms with Crippen LogP contribution in [0.3, 0.4) is 0 Å². The van der Waals surface area contributed by atoms with Gasteiger partial charge in [0.2, 0.25) is 0 Å². The van der Waals surface area contributed by atoms with E-state index in [4.69, 9.17) is 14.2 Å². The minimum Gasteiger partial charge on any atom is -0.493 e. The SMILES string of the molecule is COc1cc(C(=O)CC2OC(=O)c3ccccc32)ccc1OCBr. The Labute approximate surface area is 147 Å². The molecule has 1 unspecified atom stereocenters. The van der Waals surface area contributed by atoms with Crippen LogP contribution in [0.5, 0.6) is 11.5 Å². The number of cyclic esters (lactones) is 1. The Morgan fingerprint density at radius 1 is 1.21 bits per heavy atom. The third kappa shape index (κ3) is 3.14. The minimum atomic E-state index is -0.550. The molecule has 124 valence electrons. The van der Waals surface area contributed by atoms with Crippen LogP contribution in [0.1, 0.15) is 38.8 Å². The van der Waals surface area contributed by atoms with E-state index < -0.39 is 6.10 Å². The Bertz CT molecular complexity index is 787. The standard InChI is InChI=1S/C18H15BrO5/c1-22-17-8-11(6-7-15(17)23-10-19)14(20)9-16-12-4-2-3-5-13(12)18(21)24-16/h2-8,16H,9-10H2,1H3. The number of alkyl halides is 1. The van der Waals surface area contributed by atoms with Gasteiger partial charge in [0.05, 0.1) is 19.1 Å². The number of carbonyl (C=O) groups excluding carboxylic acids is 2. The quantitative estimate of drug-likeness (QED) is 0.425. The lowest BCUT2D eigenvalue weighted by Gasteiger charge is -2.12. The van der Waals surface area contributed by atoms with E-state index in [1.807, 2.05) is 12.1 Å². The topological polar surface area (TPSA) is 61.8 Å². The predicted molar refractivity (Wildman–Crippen MR) is 91.0 cm³/mol. The van der Waals surface area contributed by atoms with Crippen molar-refractivity contribution in [3.63, 3.8) is 0 Å². The third-order valence-corrected chi connectivity index (χ3v) is 4.07. The van der Waals surface area contributed by atoms with E-state index in [1.54, 1.807) is 30.3 Å².